The Kier molecular flexibility index (Phi) is 7.25. The lowest BCUT2D eigenvalue weighted by Gasteiger charge is -2.34. The summed E-state index contributed by atoms with van der Waals surface area (Å²) in [6.07, 6.45) is 0. The highest BCUT2D eigenvalue weighted by Gasteiger charge is 2.15. The molecule has 27 heavy (non-hydrogen) atoms. The first kappa shape index (κ1) is 19.4. The lowest BCUT2D eigenvalue weighted by atomic mass is 10.1. The van der Waals surface area contributed by atoms with E-state index in [1.165, 1.54) is 5.56 Å². The van der Waals surface area contributed by atoms with Gasteiger partial charge in [-0.15, -0.1) is 0 Å². The third-order valence-electron chi connectivity index (χ3n) is 4.94. The van der Waals surface area contributed by atoms with Crippen molar-refractivity contribution in [2.45, 2.75) is 20.0 Å². The van der Waals surface area contributed by atoms with Gasteiger partial charge in [-0.1, -0.05) is 49.4 Å². The van der Waals surface area contributed by atoms with Crippen LogP contribution in [0.25, 0.3) is 0 Å². The summed E-state index contributed by atoms with van der Waals surface area (Å²) in [6, 6.07) is 17.9. The first-order chi connectivity index (χ1) is 13.2. The summed E-state index contributed by atoms with van der Waals surface area (Å²) >= 11 is 0. The summed E-state index contributed by atoms with van der Waals surface area (Å²) < 4.78 is 5.45. The van der Waals surface area contributed by atoms with Crippen LogP contribution in [0.3, 0.4) is 0 Å². The van der Waals surface area contributed by atoms with E-state index in [1.807, 2.05) is 30.3 Å². The number of likely N-dealkylation sites (N-methyl/N-ethyl adjacent to an activating group) is 1. The fourth-order valence-electron chi connectivity index (χ4n) is 3.20. The Morgan fingerprint density at radius 2 is 1.56 bits per heavy atom. The van der Waals surface area contributed by atoms with Gasteiger partial charge in [0.1, 0.15) is 5.75 Å². The molecule has 1 fully saturated rings. The molecule has 5 heteroatoms. The number of piperazine rings is 1. The fourth-order valence-corrected chi connectivity index (χ4v) is 3.20. The summed E-state index contributed by atoms with van der Waals surface area (Å²) in [5, 5.41) is 2.90. The maximum atomic E-state index is 11.9. The van der Waals surface area contributed by atoms with Gasteiger partial charge in [-0.25, -0.2) is 0 Å². The highest BCUT2D eigenvalue weighted by molar-refractivity contribution is 5.77. The van der Waals surface area contributed by atoms with Crippen LogP contribution in [0.4, 0.5) is 0 Å². The highest BCUT2D eigenvalue weighted by Crippen LogP contribution is 2.11. The second kappa shape index (κ2) is 10.1. The highest BCUT2D eigenvalue weighted by atomic mass is 16.5. The molecular formula is C22H29N3O2. The second-order valence-corrected chi connectivity index (χ2v) is 6.91. The van der Waals surface area contributed by atoms with E-state index in [9.17, 15) is 4.79 Å². The van der Waals surface area contributed by atoms with Gasteiger partial charge in [0.2, 0.25) is 0 Å². The number of ether oxygens (including phenoxy) is 1. The van der Waals surface area contributed by atoms with Gasteiger partial charge in [0, 0.05) is 39.3 Å². The largest absolute Gasteiger partial charge is 0.484 e. The standard InChI is InChI=1S/C22H29N3O2/c1-2-24-12-14-25(15-13-24)17-20-10-8-19(9-11-20)16-23-22(26)18-27-21-6-4-3-5-7-21/h3-11H,2,12-18H2,1H3,(H,23,26). The Morgan fingerprint density at radius 3 is 2.22 bits per heavy atom. The molecule has 1 amide bonds. The number of carbonyl (C=O) groups is 1. The fraction of sp³-hybridized carbons (Fsp3) is 0.409. The summed E-state index contributed by atoms with van der Waals surface area (Å²) in [4.78, 5) is 16.9. The minimum Gasteiger partial charge on any atom is -0.484 e. The molecule has 1 aliphatic rings. The zero-order valence-electron chi connectivity index (χ0n) is 16.1. The van der Waals surface area contributed by atoms with Gasteiger partial charge in [-0.2, -0.15) is 0 Å². The first-order valence-electron chi connectivity index (χ1n) is 9.70. The molecule has 0 bridgehead atoms. The van der Waals surface area contributed by atoms with Crippen LogP contribution < -0.4 is 10.1 Å². The first-order valence-corrected chi connectivity index (χ1v) is 9.70. The van der Waals surface area contributed by atoms with Gasteiger partial charge < -0.3 is 15.0 Å². The van der Waals surface area contributed by atoms with Crippen LogP contribution in [-0.4, -0.2) is 55.0 Å². The zero-order valence-corrected chi connectivity index (χ0v) is 16.1. The van der Waals surface area contributed by atoms with E-state index in [0.717, 1.165) is 44.8 Å². The van der Waals surface area contributed by atoms with E-state index in [-0.39, 0.29) is 12.5 Å². The topological polar surface area (TPSA) is 44.8 Å². The van der Waals surface area contributed by atoms with Crippen LogP contribution in [0.5, 0.6) is 5.75 Å². The minimum absolute atomic E-state index is 0.0336. The number of hydrogen-bond donors (Lipinski definition) is 1. The van der Waals surface area contributed by atoms with E-state index in [4.69, 9.17) is 4.74 Å². The summed E-state index contributed by atoms with van der Waals surface area (Å²) in [5.41, 5.74) is 2.42. The number of hydrogen-bond acceptors (Lipinski definition) is 4. The Labute approximate surface area is 161 Å². The van der Waals surface area contributed by atoms with Crippen molar-refractivity contribution in [2.75, 3.05) is 39.3 Å². The van der Waals surface area contributed by atoms with Gasteiger partial charge in [0.25, 0.3) is 5.91 Å². The van der Waals surface area contributed by atoms with E-state index in [0.29, 0.717) is 12.3 Å². The SMILES string of the molecule is CCN1CCN(Cc2ccc(CNC(=O)COc3ccccc3)cc2)CC1. The van der Waals surface area contributed by atoms with Crippen LogP contribution in [-0.2, 0) is 17.9 Å². The number of carbonyl (C=O) groups excluding carboxylic acids is 1. The van der Waals surface area contributed by atoms with Crippen molar-refractivity contribution in [3.8, 4) is 5.75 Å². The minimum atomic E-state index is -0.114. The predicted octanol–water partition coefficient (Wildman–Crippen LogP) is 2.52. The van der Waals surface area contributed by atoms with Gasteiger partial charge in [-0.3, -0.25) is 9.69 Å². The summed E-state index contributed by atoms with van der Waals surface area (Å²) in [6.45, 7) is 9.50. The number of nitrogens with zero attached hydrogens (tertiary/aromatic N) is 2. The average molecular weight is 367 g/mol. The van der Waals surface area contributed by atoms with Crippen molar-refractivity contribution >= 4 is 5.91 Å². The molecule has 5 nitrogen and oxygen atoms in total. The molecule has 0 aliphatic carbocycles. The van der Waals surface area contributed by atoms with E-state index < -0.39 is 0 Å². The molecule has 1 aliphatic heterocycles. The Hall–Kier alpha value is -2.37. The van der Waals surface area contributed by atoms with Crippen molar-refractivity contribution in [1.82, 2.24) is 15.1 Å². The number of amides is 1. The van der Waals surface area contributed by atoms with Crippen molar-refractivity contribution in [1.29, 1.82) is 0 Å². The molecule has 2 aromatic rings. The lowest BCUT2D eigenvalue weighted by molar-refractivity contribution is -0.123. The van der Waals surface area contributed by atoms with Gasteiger partial charge in [0.05, 0.1) is 0 Å². The van der Waals surface area contributed by atoms with Crippen LogP contribution in [0.2, 0.25) is 0 Å². The van der Waals surface area contributed by atoms with Gasteiger partial charge >= 0.3 is 0 Å². The number of para-hydroxylation sites is 1. The molecule has 0 unspecified atom stereocenters. The molecule has 1 heterocycles. The van der Waals surface area contributed by atoms with Crippen LogP contribution in [0, 0.1) is 0 Å². The van der Waals surface area contributed by atoms with E-state index in [2.05, 4.69) is 46.3 Å². The van der Waals surface area contributed by atoms with Crippen LogP contribution in [0.15, 0.2) is 54.6 Å². The number of rotatable bonds is 8. The van der Waals surface area contributed by atoms with Crippen molar-refractivity contribution in [3.05, 3.63) is 65.7 Å². The number of benzene rings is 2. The Bertz CT molecular complexity index is 695. The van der Waals surface area contributed by atoms with Crippen molar-refractivity contribution in [2.24, 2.45) is 0 Å². The van der Waals surface area contributed by atoms with Crippen LogP contribution >= 0.6 is 0 Å². The van der Waals surface area contributed by atoms with Gasteiger partial charge in [0.15, 0.2) is 6.61 Å². The molecule has 1 saturated heterocycles. The quantitative estimate of drug-likeness (QED) is 0.779. The summed E-state index contributed by atoms with van der Waals surface area (Å²) in [5.74, 6) is 0.591. The molecule has 0 aromatic heterocycles. The molecule has 144 valence electrons. The molecule has 0 radical (unpaired) electrons. The molecule has 3 rings (SSSR count). The van der Waals surface area contributed by atoms with Gasteiger partial charge in [-0.05, 0) is 29.8 Å². The molecule has 0 atom stereocenters. The lowest BCUT2D eigenvalue weighted by Crippen LogP contribution is -2.45. The Balaban J connectivity index is 1.38. The number of nitrogens with one attached hydrogen (secondary N) is 1. The zero-order chi connectivity index (χ0) is 18.9. The monoisotopic (exact) mass is 367 g/mol. The third-order valence-corrected chi connectivity index (χ3v) is 4.94. The second-order valence-electron chi connectivity index (χ2n) is 6.91. The smallest absolute Gasteiger partial charge is 0.258 e. The third kappa shape index (κ3) is 6.38. The predicted molar refractivity (Wildman–Crippen MR) is 108 cm³/mol. The molecule has 1 N–H and O–H groups in total. The maximum absolute atomic E-state index is 11.9. The molecular weight excluding hydrogens is 338 g/mol. The van der Waals surface area contributed by atoms with Crippen molar-refractivity contribution in [3.63, 3.8) is 0 Å². The van der Waals surface area contributed by atoms with Crippen molar-refractivity contribution < 1.29 is 9.53 Å². The molecule has 0 saturated carbocycles. The average Bonchev–Trinajstić information content (AvgIpc) is 2.73. The molecule has 0 spiro atoms. The normalized spacial score (nSPS) is 15.4. The summed E-state index contributed by atoms with van der Waals surface area (Å²) in [7, 11) is 0. The van der Waals surface area contributed by atoms with E-state index >= 15 is 0 Å². The van der Waals surface area contributed by atoms with E-state index in [1.54, 1.807) is 0 Å². The Morgan fingerprint density at radius 1 is 0.926 bits per heavy atom. The van der Waals surface area contributed by atoms with Crippen LogP contribution in [0.1, 0.15) is 18.1 Å². The maximum Gasteiger partial charge on any atom is 0.258 e. The molecule has 2 aromatic carbocycles.